The number of aromatic amines is 1. The van der Waals surface area contributed by atoms with Gasteiger partial charge in [0.1, 0.15) is 0 Å². The van der Waals surface area contributed by atoms with Crippen molar-refractivity contribution in [2.45, 2.75) is 45.3 Å². The number of fused-ring (bicyclic) bond motifs is 1. The Hall–Kier alpha value is -3.18. The molecule has 1 saturated carbocycles. The molecular weight excluding hydrogens is 430 g/mol. The van der Waals surface area contributed by atoms with Gasteiger partial charge in [-0.05, 0) is 24.8 Å². The van der Waals surface area contributed by atoms with Crippen molar-refractivity contribution in [3.05, 3.63) is 33.8 Å². The minimum Gasteiger partial charge on any atom is -0.477 e. The number of nitrogens with one attached hydrogen (secondary N) is 2. The van der Waals surface area contributed by atoms with Gasteiger partial charge in [0.2, 0.25) is 11.5 Å². The van der Waals surface area contributed by atoms with Crippen LogP contribution in [0.2, 0.25) is 0 Å². The van der Waals surface area contributed by atoms with Crippen LogP contribution in [0.15, 0.2) is 17.1 Å². The van der Waals surface area contributed by atoms with Crippen LogP contribution in [0.5, 0.6) is 5.88 Å². The summed E-state index contributed by atoms with van der Waals surface area (Å²) in [6.07, 6.45) is 6.17. The predicted octanol–water partition coefficient (Wildman–Crippen LogP) is -0.598. The molecule has 0 aromatic carbocycles. The van der Waals surface area contributed by atoms with E-state index in [1.54, 1.807) is 17.2 Å². The third-order valence-corrected chi connectivity index (χ3v) is 5.79. The minimum atomic E-state index is -0.667. The van der Waals surface area contributed by atoms with E-state index in [4.69, 9.17) is 4.74 Å². The molecule has 11 nitrogen and oxygen atoms in total. The number of aromatic nitrogens is 3. The second kappa shape index (κ2) is 9.36. The Morgan fingerprint density at radius 2 is 2.15 bits per heavy atom. The molecule has 33 heavy (non-hydrogen) atoms. The summed E-state index contributed by atoms with van der Waals surface area (Å²) < 4.78 is 8.04. The number of carbonyl (C=O) groups excluding carboxylic acids is 2. The Balaban J connectivity index is 1.74. The van der Waals surface area contributed by atoms with Gasteiger partial charge in [0.15, 0.2) is 0 Å². The van der Waals surface area contributed by atoms with Gasteiger partial charge in [-0.15, -0.1) is 0 Å². The lowest BCUT2D eigenvalue weighted by Crippen LogP contribution is -2.49. The van der Waals surface area contributed by atoms with Crippen molar-refractivity contribution < 1.29 is 29.1 Å². The number of hydrogen-bond donors (Lipinski definition) is 4. The summed E-state index contributed by atoms with van der Waals surface area (Å²) in [5, 5.41) is 26.1. The first-order valence-corrected chi connectivity index (χ1v) is 11.2. The highest BCUT2D eigenvalue weighted by atomic mass is 16.5. The van der Waals surface area contributed by atoms with E-state index in [0.29, 0.717) is 30.9 Å². The Morgan fingerprint density at radius 3 is 2.82 bits per heavy atom. The lowest BCUT2D eigenvalue weighted by Gasteiger charge is -2.33. The largest absolute Gasteiger partial charge is 0.477 e. The van der Waals surface area contributed by atoms with Gasteiger partial charge >= 0.3 is 17.1 Å². The van der Waals surface area contributed by atoms with E-state index < -0.39 is 23.4 Å². The molecule has 0 radical (unpaired) electrons. The summed E-state index contributed by atoms with van der Waals surface area (Å²) in [6, 6.07) is -0.379. The molecule has 3 heterocycles. The zero-order valence-corrected chi connectivity index (χ0v) is 18.8. The molecule has 178 valence electrons. The number of carbonyl (C=O) groups is 2. The summed E-state index contributed by atoms with van der Waals surface area (Å²) in [5.41, 5.74) is -0.133. The highest BCUT2D eigenvalue weighted by Crippen LogP contribution is 2.21. The van der Waals surface area contributed by atoms with Gasteiger partial charge in [-0.1, -0.05) is 18.4 Å². The molecular formula is C22H30N5O6+. The van der Waals surface area contributed by atoms with E-state index in [-0.39, 0.29) is 36.6 Å². The number of rotatable bonds is 7. The van der Waals surface area contributed by atoms with E-state index in [1.807, 2.05) is 13.8 Å². The van der Waals surface area contributed by atoms with Crippen molar-refractivity contribution in [2.75, 3.05) is 26.4 Å². The van der Waals surface area contributed by atoms with Gasteiger partial charge in [0, 0.05) is 18.7 Å². The molecule has 1 atom stereocenters. The van der Waals surface area contributed by atoms with Gasteiger partial charge < -0.3 is 25.2 Å². The Kier molecular flexibility index (Phi) is 6.52. The molecule has 1 aliphatic heterocycles. The van der Waals surface area contributed by atoms with E-state index in [9.17, 15) is 24.6 Å². The molecule has 4 rings (SSSR count). The molecule has 1 saturated heterocycles. The first kappa shape index (κ1) is 23.0. The van der Waals surface area contributed by atoms with Gasteiger partial charge in [0.05, 0.1) is 44.2 Å². The van der Waals surface area contributed by atoms with E-state index in [1.165, 1.54) is 15.2 Å². The standard InChI is InChI=1S/C22H29N5O6/c1-13(2)10-26-20-14(3-6-17(29)25-7-8-33-12-16(25)11-28)9-23-27(20)22(32)18(21(26)31)19(30)24-15-4-5-15/h3,6,9,13,15-16,28H,4-5,7-8,10-12H2,1-2H3,(H2,24,30,31,32)/p+1/b6-3+/t16-/m1/s1. The number of morpholine rings is 1. The number of aromatic hydroxyl groups is 1. The van der Waals surface area contributed by atoms with Gasteiger partial charge in [-0.25, -0.2) is 9.89 Å². The van der Waals surface area contributed by atoms with E-state index in [0.717, 1.165) is 12.8 Å². The average Bonchev–Trinajstić information content (AvgIpc) is 3.50. The number of amides is 2. The van der Waals surface area contributed by atoms with Crippen LogP contribution in [0.3, 0.4) is 0 Å². The van der Waals surface area contributed by atoms with Crippen LogP contribution in [0, 0.1) is 5.92 Å². The predicted molar refractivity (Wildman–Crippen MR) is 118 cm³/mol. The molecule has 11 heteroatoms. The monoisotopic (exact) mass is 460 g/mol. The molecule has 2 aliphatic rings. The molecule has 4 N–H and O–H groups in total. The first-order valence-electron chi connectivity index (χ1n) is 11.2. The lowest BCUT2D eigenvalue weighted by atomic mass is 10.2. The SMILES string of the molecule is CC(C)C[n+]1c(O)c(C(=O)NC2CC2)c(=O)n2[nH]cc(/C=C/C(=O)N3CCOC[C@H]3CO)c21. The van der Waals surface area contributed by atoms with Crippen molar-refractivity contribution in [1.82, 2.24) is 19.8 Å². The maximum atomic E-state index is 13.1. The fourth-order valence-electron chi connectivity index (χ4n) is 3.96. The van der Waals surface area contributed by atoms with Crippen LogP contribution >= 0.6 is 0 Å². The third kappa shape index (κ3) is 4.64. The number of aliphatic hydroxyl groups excluding tert-OH is 1. The normalized spacial score (nSPS) is 19.0. The fourth-order valence-corrected chi connectivity index (χ4v) is 3.96. The number of aliphatic hydroxyl groups is 1. The number of H-pyrrole nitrogens is 1. The first-order chi connectivity index (χ1) is 15.8. The number of hydrogen-bond acceptors (Lipinski definition) is 6. The van der Waals surface area contributed by atoms with Crippen LogP contribution in [-0.2, 0) is 16.1 Å². The third-order valence-electron chi connectivity index (χ3n) is 5.79. The highest BCUT2D eigenvalue weighted by molar-refractivity contribution is 5.96. The summed E-state index contributed by atoms with van der Waals surface area (Å²) in [6.45, 7) is 5.10. The average molecular weight is 461 g/mol. The Labute approximate surface area is 190 Å². The van der Waals surface area contributed by atoms with Crippen molar-refractivity contribution >= 4 is 23.5 Å². The van der Waals surface area contributed by atoms with Gasteiger partial charge in [0.25, 0.3) is 5.91 Å². The topological polar surface area (TPSA) is 140 Å². The molecule has 2 amide bonds. The zero-order chi connectivity index (χ0) is 23.7. The van der Waals surface area contributed by atoms with Gasteiger partial charge in [-0.3, -0.25) is 9.59 Å². The molecule has 0 bridgehead atoms. The van der Waals surface area contributed by atoms with Crippen LogP contribution in [0.4, 0.5) is 0 Å². The van der Waals surface area contributed by atoms with Crippen LogP contribution in [0.1, 0.15) is 42.6 Å². The number of nitrogens with zero attached hydrogens (tertiary/aromatic N) is 3. The maximum Gasteiger partial charge on any atom is 0.378 e. The Bertz CT molecular complexity index is 1150. The van der Waals surface area contributed by atoms with Crippen molar-refractivity contribution in [3.8, 4) is 5.88 Å². The lowest BCUT2D eigenvalue weighted by molar-refractivity contribution is -0.686. The summed E-state index contributed by atoms with van der Waals surface area (Å²) in [5.74, 6) is -1.19. The molecule has 2 aromatic rings. The van der Waals surface area contributed by atoms with Crippen molar-refractivity contribution in [3.63, 3.8) is 0 Å². The molecule has 2 aromatic heterocycles. The van der Waals surface area contributed by atoms with E-state index in [2.05, 4.69) is 10.4 Å². The van der Waals surface area contributed by atoms with E-state index >= 15 is 0 Å². The van der Waals surface area contributed by atoms with Gasteiger partial charge in [-0.2, -0.15) is 4.57 Å². The Morgan fingerprint density at radius 1 is 1.39 bits per heavy atom. The maximum absolute atomic E-state index is 13.1. The molecule has 1 aliphatic carbocycles. The number of ether oxygens (including phenoxy) is 1. The smallest absolute Gasteiger partial charge is 0.378 e. The molecule has 2 fully saturated rings. The minimum absolute atomic E-state index is 0.0339. The highest BCUT2D eigenvalue weighted by Gasteiger charge is 2.34. The second-order valence-corrected chi connectivity index (χ2v) is 8.92. The second-order valence-electron chi connectivity index (χ2n) is 8.92. The summed E-state index contributed by atoms with van der Waals surface area (Å²) in [7, 11) is 0. The zero-order valence-electron chi connectivity index (χ0n) is 18.8. The molecule has 0 spiro atoms. The van der Waals surface area contributed by atoms with Crippen LogP contribution in [-0.4, -0.2) is 75.0 Å². The summed E-state index contributed by atoms with van der Waals surface area (Å²) in [4.78, 5) is 40.0. The van der Waals surface area contributed by atoms with Crippen LogP contribution in [0.25, 0.3) is 11.7 Å². The quantitative estimate of drug-likeness (QED) is 0.321. The summed E-state index contributed by atoms with van der Waals surface area (Å²) >= 11 is 0. The molecule has 0 unspecified atom stereocenters. The fraction of sp³-hybridized carbons (Fsp3) is 0.545. The van der Waals surface area contributed by atoms with Crippen LogP contribution < -0.4 is 15.4 Å². The van der Waals surface area contributed by atoms with Crippen molar-refractivity contribution in [1.29, 1.82) is 0 Å². The van der Waals surface area contributed by atoms with Crippen molar-refractivity contribution in [2.24, 2.45) is 5.92 Å².